The SMILES string of the molecule is CC[C@H]1C2=CC3=NC(=C(CC(=O)OC)C4=NC(=CC5=C(C)/C(=C(/C)[O-])C(=N5)C=C(N2)[C@@H]1C)[C@@H](C)[C@@H]4CCC(=O)NCCO)C(C([O-])=NCCN(C)C)=C3C.[Pd+2]. The average Bonchev–Trinajstić information content (AvgIpc) is 3.81. The fraction of sp³-hybridized carbons (Fsp3) is 0.512. The van der Waals surface area contributed by atoms with Crippen LogP contribution in [0.1, 0.15) is 67.2 Å². The molecule has 5 aliphatic rings. The van der Waals surface area contributed by atoms with E-state index in [1.54, 1.807) is 6.92 Å². The zero-order valence-corrected chi connectivity index (χ0v) is 34.8. The number of carbonyl (C=O) groups is 2. The molecule has 0 aromatic heterocycles. The van der Waals surface area contributed by atoms with Crippen molar-refractivity contribution in [2.45, 2.75) is 67.2 Å². The second kappa shape index (κ2) is 18.6. The third kappa shape index (κ3) is 9.26. The zero-order valence-electron chi connectivity index (χ0n) is 33.2. The van der Waals surface area contributed by atoms with Crippen molar-refractivity contribution in [3.05, 3.63) is 80.3 Å². The first-order valence-electron chi connectivity index (χ1n) is 18.7. The van der Waals surface area contributed by atoms with Gasteiger partial charge in [-0.15, -0.1) is 5.76 Å². The van der Waals surface area contributed by atoms with Crippen LogP contribution in [0.25, 0.3) is 0 Å². The van der Waals surface area contributed by atoms with E-state index in [1.165, 1.54) is 7.11 Å². The van der Waals surface area contributed by atoms with E-state index in [2.05, 4.69) is 29.5 Å². The van der Waals surface area contributed by atoms with Crippen molar-refractivity contribution in [3.63, 3.8) is 0 Å². The number of nitrogens with zero attached hydrogens (tertiary/aromatic N) is 5. The van der Waals surface area contributed by atoms with Gasteiger partial charge in [0.25, 0.3) is 0 Å². The van der Waals surface area contributed by atoms with Gasteiger partial charge in [0.2, 0.25) is 5.91 Å². The molecule has 0 aromatic rings. The van der Waals surface area contributed by atoms with Crippen LogP contribution >= 0.6 is 0 Å². The number of ether oxygens (including phenoxy) is 1. The molecule has 1 fully saturated rings. The van der Waals surface area contributed by atoms with Crippen molar-refractivity contribution in [3.8, 4) is 0 Å². The molecule has 0 aromatic carbocycles. The smallest absolute Gasteiger partial charge is 0.875 e. The number of aliphatic imine (C=N–C) groups is 4. The van der Waals surface area contributed by atoms with Crippen molar-refractivity contribution in [2.75, 3.05) is 47.4 Å². The van der Waals surface area contributed by atoms with E-state index in [4.69, 9.17) is 19.7 Å². The van der Waals surface area contributed by atoms with Crippen LogP contribution in [0.15, 0.2) is 100 Å². The maximum atomic E-state index is 14.1. The largest absolute Gasteiger partial charge is 2.00 e. The van der Waals surface area contributed by atoms with Crippen LogP contribution in [-0.2, 0) is 34.7 Å². The summed E-state index contributed by atoms with van der Waals surface area (Å²) in [5, 5.41) is 42.8. The number of hydrogen-bond donors (Lipinski definition) is 3. The number of methoxy groups -OCH3 is 1. The number of esters is 1. The van der Waals surface area contributed by atoms with Gasteiger partial charge in [0.05, 0.1) is 55.2 Å². The van der Waals surface area contributed by atoms with E-state index in [1.807, 2.05) is 58.0 Å². The van der Waals surface area contributed by atoms with Crippen LogP contribution in [0, 0.1) is 23.7 Å². The van der Waals surface area contributed by atoms with E-state index in [0.29, 0.717) is 69.5 Å². The van der Waals surface area contributed by atoms with Gasteiger partial charge in [0.15, 0.2) is 0 Å². The first kappa shape index (κ1) is 43.5. The maximum absolute atomic E-state index is 14.1. The van der Waals surface area contributed by atoms with Crippen LogP contribution in [0.5, 0.6) is 0 Å². The topological polar surface area (TPSA) is 186 Å². The zero-order chi connectivity index (χ0) is 39.4. The molecule has 14 heteroatoms. The van der Waals surface area contributed by atoms with Gasteiger partial charge in [0.1, 0.15) is 0 Å². The van der Waals surface area contributed by atoms with Gasteiger partial charge in [-0.05, 0) is 81.6 Å². The van der Waals surface area contributed by atoms with Gasteiger partial charge in [-0.2, -0.15) is 0 Å². The molecule has 298 valence electrons. The van der Waals surface area contributed by atoms with Crippen molar-refractivity contribution in [1.82, 2.24) is 15.5 Å². The summed E-state index contributed by atoms with van der Waals surface area (Å²) >= 11 is 0. The van der Waals surface area contributed by atoms with Crippen LogP contribution in [0.2, 0.25) is 0 Å². The Morgan fingerprint density at radius 1 is 1.02 bits per heavy atom. The Kier molecular flexibility index (Phi) is 14.7. The van der Waals surface area contributed by atoms with Crippen LogP contribution in [-0.4, -0.2) is 92.4 Å². The summed E-state index contributed by atoms with van der Waals surface area (Å²) in [6, 6.07) is 0. The molecular formula is C41H53N7O6Pd. The Labute approximate surface area is 338 Å². The molecule has 13 nitrogen and oxygen atoms in total. The van der Waals surface area contributed by atoms with E-state index in [0.717, 1.165) is 23.4 Å². The number of aliphatic hydroxyl groups is 1. The minimum absolute atomic E-state index is 0. The molecule has 55 heavy (non-hydrogen) atoms. The number of amides is 1. The third-order valence-electron chi connectivity index (χ3n) is 10.9. The fourth-order valence-electron chi connectivity index (χ4n) is 7.77. The second-order valence-electron chi connectivity index (χ2n) is 14.7. The summed E-state index contributed by atoms with van der Waals surface area (Å²) in [7, 11) is 5.14. The van der Waals surface area contributed by atoms with Crippen LogP contribution in [0.4, 0.5) is 0 Å². The predicted molar refractivity (Wildman–Crippen MR) is 207 cm³/mol. The molecule has 0 spiro atoms. The third-order valence-corrected chi connectivity index (χ3v) is 10.9. The minimum atomic E-state index is -0.536. The second-order valence-corrected chi connectivity index (χ2v) is 14.7. The average molecular weight is 846 g/mol. The number of rotatable bonds is 12. The van der Waals surface area contributed by atoms with E-state index >= 15 is 0 Å². The number of likely N-dealkylation sites (N-methyl/N-ethyl adjacent to an activating group) is 1. The summed E-state index contributed by atoms with van der Waals surface area (Å²) in [4.78, 5) is 47.8. The Bertz CT molecular complexity index is 1940. The number of aliphatic hydroxyl groups excluding tert-OH is 1. The summed E-state index contributed by atoms with van der Waals surface area (Å²) in [5.41, 5.74) is 7.72. The molecule has 3 N–H and O–H groups in total. The van der Waals surface area contributed by atoms with Gasteiger partial charge < -0.3 is 35.6 Å². The molecular weight excluding hydrogens is 793 g/mol. The molecule has 0 saturated carbocycles. The first-order chi connectivity index (χ1) is 25.7. The van der Waals surface area contributed by atoms with Crippen LogP contribution < -0.4 is 20.8 Å². The fourth-order valence-corrected chi connectivity index (χ4v) is 7.77. The Balaban J connectivity index is 0.00000673. The summed E-state index contributed by atoms with van der Waals surface area (Å²) in [6.07, 6.45) is 6.90. The van der Waals surface area contributed by atoms with Gasteiger partial charge in [-0.25, -0.2) is 9.98 Å². The monoisotopic (exact) mass is 845 g/mol. The summed E-state index contributed by atoms with van der Waals surface area (Å²) in [5.74, 6) is -1.75. The standard InChI is InChI=1S/C41H55N7O6.Pd/c1-10-26-21(2)29-20-34-37(25(6)50)23(4)31(45-34)18-30-22(3)27(11-12-35(51)42-14-16-49)39(46-30)28(17-36(52)54-9)40-38(41(53)43-13-15-48(7)8)24(5)32(47-40)19-33(26)44-29;/h18-22,26-27,44,49-50H,10-17H2,1-9H3,(H,42,51)(H,43,53);/q;+2/p-2/b29-20?,30-18?,33-19?,37-25+,40-28?;/t21-,22+,26-,27+;/m1./s1. The summed E-state index contributed by atoms with van der Waals surface area (Å²) < 4.78 is 5.20. The van der Waals surface area contributed by atoms with Gasteiger partial charge in [-0.1, -0.05) is 27.7 Å². The van der Waals surface area contributed by atoms with E-state index in [-0.39, 0.29) is 88.3 Å². The Morgan fingerprint density at radius 2 is 1.73 bits per heavy atom. The quantitative estimate of drug-likeness (QED) is 0.0881. The first-order valence-corrected chi connectivity index (χ1v) is 18.7. The number of allylic oxidation sites excluding steroid dienone is 10. The molecule has 8 bridgehead atoms. The molecule has 0 radical (unpaired) electrons. The van der Waals surface area contributed by atoms with Gasteiger partial charge >= 0.3 is 26.4 Å². The van der Waals surface area contributed by atoms with Crippen molar-refractivity contribution < 1.29 is 50.1 Å². The molecule has 4 atom stereocenters. The number of nitrogens with one attached hydrogen (secondary N) is 2. The van der Waals surface area contributed by atoms with Crippen molar-refractivity contribution in [1.29, 1.82) is 0 Å². The Morgan fingerprint density at radius 3 is 2.36 bits per heavy atom. The molecule has 5 aliphatic heterocycles. The minimum Gasteiger partial charge on any atom is -0.875 e. The van der Waals surface area contributed by atoms with Crippen molar-refractivity contribution in [2.24, 2.45) is 43.6 Å². The maximum Gasteiger partial charge on any atom is 2.00 e. The van der Waals surface area contributed by atoms with Crippen LogP contribution in [0.3, 0.4) is 0 Å². The number of fused-ring (bicyclic) bond motifs is 5. The molecule has 0 unspecified atom stereocenters. The number of hydrogen-bond acceptors (Lipinski definition) is 12. The van der Waals surface area contributed by atoms with E-state index < -0.39 is 11.9 Å². The normalized spacial score (nSPS) is 24.5. The number of carbonyl (C=O) groups excluding carboxylic acids is 2. The Hall–Kier alpha value is -4.22. The van der Waals surface area contributed by atoms with Crippen molar-refractivity contribution >= 4 is 34.9 Å². The molecule has 1 amide bonds. The molecule has 1 saturated heterocycles. The predicted octanol–water partition coefficient (Wildman–Crippen LogP) is 2.78. The van der Waals surface area contributed by atoms with Gasteiger partial charge in [-0.3, -0.25) is 19.6 Å². The summed E-state index contributed by atoms with van der Waals surface area (Å²) in [6.45, 7) is 12.3. The van der Waals surface area contributed by atoms with Gasteiger partial charge in [0, 0.05) is 71.4 Å². The molecule has 5 heterocycles. The molecule has 0 aliphatic carbocycles. The molecule has 5 rings (SSSR count). The van der Waals surface area contributed by atoms with E-state index in [9.17, 15) is 24.9 Å².